The zero-order valence-electron chi connectivity index (χ0n) is 11.6. The van der Waals surface area contributed by atoms with Crippen molar-refractivity contribution in [3.05, 3.63) is 62.4 Å². The summed E-state index contributed by atoms with van der Waals surface area (Å²) in [4.78, 5) is 25.0. The maximum Gasteiger partial charge on any atom is 0.411 e. The molecule has 23 heavy (non-hydrogen) atoms. The van der Waals surface area contributed by atoms with Crippen molar-refractivity contribution in [2.75, 3.05) is 6.61 Å². The lowest BCUT2D eigenvalue weighted by atomic mass is 10.2. The van der Waals surface area contributed by atoms with Gasteiger partial charge in [0.2, 0.25) is 0 Å². The third-order valence-electron chi connectivity index (χ3n) is 2.81. The number of nitrogens with one attached hydrogen (secondary N) is 1. The van der Waals surface area contributed by atoms with E-state index in [0.29, 0.717) is 11.3 Å². The first kappa shape index (κ1) is 16.5. The highest BCUT2D eigenvalue weighted by Gasteiger charge is 2.27. The Balaban J connectivity index is 2.19. The van der Waals surface area contributed by atoms with Crippen LogP contribution >= 0.6 is 0 Å². The van der Waals surface area contributed by atoms with Gasteiger partial charge in [0.1, 0.15) is 18.2 Å². The van der Waals surface area contributed by atoms with Gasteiger partial charge in [-0.2, -0.15) is 18.4 Å². The van der Waals surface area contributed by atoms with Gasteiger partial charge in [0, 0.05) is 6.20 Å². The van der Waals surface area contributed by atoms with E-state index in [4.69, 9.17) is 5.26 Å². The third-order valence-corrected chi connectivity index (χ3v) is 2.81. The van der Waals surface area contributed by atoms with Gasteiger partial charge in [-0.15, -0.1) is 0 Å². The van der Waals surface area contributed by atoms with E-state index in [-0.39, 0.29) is 12.2 Å². The molecule has 1 heterocycles. The van der Waals surface area contributed by atoms with Crippen LogP contribution in [0.4, 0.5) is 13.2 Å². The van der Waals surface area contributed by atoms with Gasteiger partial charge in [-0.3, -0.25) is 14.3 Å². The Hall–Kier alpha value is -2.86. The molecule has 0 fully saturated rings. The topological polar surface area (TPSA) is 87.9 Å². The monoisotopic (exact) mass is 325 g/mol. The summed E-state index contributed by atoms with van der Waals surface area (Å²) in [6, 6.07) is 7.55. The Kier molecular flexibility index (Phi) is 4.66. The van der Waals surface area contributed by atoms with Gasteiger partial charge in [0.05, 0.1) is 12.3 Å². The second kappa shape index (κ2) is 6.50. The van der Waals surface area contributed by atoms with Crippen LogP contribution in [0.3, 0.4) is 0 Å². The fourth-order valence-corrected chi connectivity index (χ4v) is 1.78. The number of hydrogen-bond donors (Lipinski definition) is 1. The first-order valence-corrected chi connectivity index (χ1v) is 6.30. The molecular formula is C14H10F3N3O3. The number of ether oxygens (including phenoxy) is 1. The summed E-state index contributed by atoms with van der Waals surface area (Å²) in [7, 11) is 0. The summed E-state index contributed by atoms with van der Waals surface area (Å²) in [6.07, 6.45) is -3.30. The average Bonchev–Trinajstić information content (AvgIpc) is 2.47. The maximum atomic E-state index is 12.0. The number of rotatable bonds is 4. The summed E-state index contributed by atoms with van der Waals surface area (Å²) in [5.74, 6) is 0. The SMILES string of the molecule is N#Cc1cn(-c2ccc(COCC(F)(F)F)cc2)c(=O)[nH]c1=O. The molecule has 0 amide bonds. The van der Waals surface area contributed by atoms with Gasteiger partial charge in [-0.05, 0) is 17.7 Å². The number of nitriles is 1. The minimum Gasteiger partial charge on any atom is -0.367 e. The zero-order chi connectivity index (χ0) is 17.0. The van der Waals surface area contributed by atoms with E-state index < -0.39 is 24.0 Å². The van der Waals surface area contributed by atoms with E-state index in [1.165, 1.54) is 24.3 Å². The van der Waals surface area contributed by atoms with Crippen LogP contribution in [0.25, 0.3) is 5.69 Å². The summed E-state index contributed by atoms with van der Waals surface area (Å²) < 4.78 is 41.5. The lowest BCUT2D eigenvalue weighted by Crippen LogP contribution is -2.30. The quantitative estimate of drug-likeness (QED) is 0.922. The molecule has 2 rings (SSSR count). The van der Waals surface area contributed by atoms with E-state index in [2.05, 4.69) is 4.74 Å². The molecule has 0 aliphatic heterocycles. The van der Waals surface area contributed by atoms with Crippen LogP contribution in [0.15, 0.2) is 40.1 Å². The van der Waals surface area contributed by atoms with Crippen LogP contribution in [0.1, 0.15) is 11.1 Å². The van der Waals surface area contributed by atoms with Gasteiger partial charge in [-0.1, -0.05) is 12.1 Å². The first-order valence-electron chi connectivity index (χ1n) is 6.30. The summed E-state index contributed by atoms with van der Waals surface area (Å²) >= 11 is 0. The minimum atomic E-state index is -4.39. The molecule has 9 heteroatoms. The van der Waals surface area contributed by atoms with Crippen LogP contribution < -0.4 is 11.2 Å². The normalized spacial score (nSPS) is 11.2. The Morgan fingerprint density at radius 3 is 2.43 bits per heavy atom. The molecule has 0 saturated carbocycles. The number of benzene rings is 1. The molecule has 0 radical (unpaired) electrons. The lowest BCUT2D eigenvalue weighted by molar-refractivity contribution is -0.176. The van der Waals surface area contributed by atoms with Crippen molar-refractivity contribution in [1.82, 2.24) is 9.55 Å². The molecule has 0 aliphatic carbocycles. The predicted octanol–water partition coefficient (Wildman–Crippen LogP) is 1.48. The Labute approximate surface area is 127 Å². The van der Waals surface area contributed by atoms with Crippen molar-refractivity contribution < 1.29 is 17.9 Å². The smallest absolute Gasteiger partial charge is 0.367 e. The van der Waals surface area contributed by atoms with Crippen LogP contribution in [-0.4, -0.2) is 22.3 Å². The first-order chi connectivity index (χ1) is 10.8. The molecule has 0 saturated heterocycles. The number of aromatic amines is 1. The van der Waals surface area contributed by atoms with Gasteiger partial charge < -0.3 is 4.74 Å². The summed E-state index contributed by atoms with van der Waals surface area (Å²) in [6.45, 7) is -1.58. The maximum absolute atomic E-state index is 12.0. The van der Waals surface area contributed by atoms with Crippen molar-refractivity contribution in [2.45, 2.75) is 12.8 Å². The van der Waals surface area contributed by atoms with E-state index >= 15 is 0 Å². The molecule has 1 aromatic carbocycles. The summed E-state index contributed by atoms with van der Waals surface area (Å²) in [5, 5.41) is 8.79. The van der Waals surface area contributed by atoms with Gasteiger partial charge >= 0.3 is 11.9 Å². The molecule has 0 bridgehead atoms. The van der Waals surface area contributed by atoms with Gasteiger partial charge in [0.15, 0.2) is 0 Å². The molecule has 120 valence electrons. The van der Waals surface area contributed by atoms with Crippen LogP contribution in [-0.2, 0) is 11.3 Å². The van der Waals surface area contributed by atoms with Crippen molar-refractivity contribution >= 4 is 0 Å². The number of aromatic nitrogens is 2. The largest absolute Gasteiger partial charge is 0.411 e. The number of H-pyrrole nitrogens is 1. The average molecular weight is 325 g/mol. The zero-order valence-corrected chi connectivity index (χ0v) is 11.6. The Morgan fingerprint density at radius 1 is 1.22 bits per heavy atom. The van der Waals surface area contributed by atoms with Crippen LogP contribution in [0, 0.1) is 11.3 Å². The van der Waals surface area contributed by atoms with E-state index in [1.807, 2.05) is 4.98 Å². The molecule has 0 aliphatic rings. The predicted molar refractivity (Wildman–Crippen MR) is 73.1 cm³/mol. The highest BCUT2D eigenvalue weighted by molar-refractivity contribution is 5.36. The fourth-order valence-electron chi connectivity index (χ4n) is 1.78. The van der Waals surface area contributed by atoms with Crippen molar-refractivity contribution in [3.63, 3.8) is 0 Å². The molecule has 1 aromatic heterocycles. The molecule has 1 N–H and O–H groups in total. The van der Waals surface area contributed by atoms with E-state index in [0.717, 1.165) is 10.8 Å². The Bertz CT molecular complexity index is 845. The molecule has 2 aromatic rings. The molecule has 0 spiro atoms. The summed E-state index contributed by atoms with van der Waals surface area (Å²) in [5.41, 5.74) is -0.915. The molecule has 6 nitrogen and oxygen atoms in total. The van der Waals surface area contributed by atoms with Crippen molar-refractivity contribution in [1.29, 1.82) is 5.26 Å². The van der Waals surface area contributed by atoms with Gasteiger partial charge in [-0.25, -0.2) is 4.79 Å². The van der Waals surface area contributed by atoms with Gasteiger partial charge in [0.25, 0.3) is 5.56 Å². The fraction of sp³-hybridized carbons (Fsp3) is 0.214. The number of halogens is 3. The van der Waals surface area contributed by atoms with E-state index in [1.54, 1.807) is 6.07 Å². The highest BCUT2D eigenvalue weighted by atomic mass is 19.4. The number of alkyl halides is 3. The van der Waals surface area contributed by atoms with Crippen molar-refractivity contribution in [2.24, 2.45) is 0 Å². The van der Waals surface area contributed by atoms with Crippen LogP contribution in [0.5, 0.6) is 0 Å². The molecule has 0 atom stereocenters. The minimum absolute atomic E-state index is 0.232. The second-order valence-electron chi connectivity index (χ2n) is 4.56. The third kappa shape index (κ3) is 4.31. The lowest BCUT2D eigenvalue weighted by Gasteiger charge is -2.09. The van der Waals surface area contributed by atoms with Crippen LogP contribution in [0.2, 0.25) is 0 Å². The number of nitrogens with zero attached hydrogens (tertiary/aromatic N) is 2. The Morgan fingerprint density at radius 2 is 1.87 bits per heavy atom. The highest BCUT2D eigenvalue weighted by Crippen LogP contribution is 2.16. The molecular weight excluding hydrogens is 315 g/mol. The molecule has 0 unspecified atom stereocenters. The van der Waals surface area contributed by atoms with Crippen molar-refractivity contribution in [3.8, 4) is 11.8 Å². The standard InChI is InChI=1S/C14H10F3N3O3/c15-14(16,17)8-23-7-9-1-3-11(4-2-9)20-6-10(5-18)12(21)19-13(20)22/h1-4,6H,7-8H2,(H,19,21,22). The van der Waals surface area contributed by atoms with E-state index in [9.17, 15) is 22.8 Å². The second-order valence-corrected chi connectivity index (χ2v) is 4.56. The number of hydrogen-bond acceptors (Lipinski definition) is 4.